The minimum absolute atomic E-state index is 0.201. The summed E-state index contributed by atoms with van der Waals surface area (Å²) < 4.78 is 2.02. The molecule has 0 fully saturated rings. The molecule has 0 aliphatic carbocycles. The van der Waals surface area contributed by atoms with E-state index in [1.807, 2.05) is 41.0 Å². The standard InChI is InChI=1S/C24H21ClN4O2/c25-16-5-6-17-20(7-11-27-21(17)13-16)26-9-2-10-28-24(31)19-14-29-12-8-15-3-1-4-18(22(15)29)23(19)30/h1,3-7,11,13-14H,2,8-10,12H2,(H,26,27)(H,28,31). The van der Waals surface area contributed by atoms with Gasteiger partial charge in [0.1, 0.15) is 5.56 Å². The second-order valence-corrected chi connectivity index (χ2v) is 8.12. The Hall–Kier alpha value is -3.38. The summed E-state index contributed by atoms with van der Waals surface area (Å²) in [5, 5.41) is 8.53. The molecule has 4 aromatic rings. The molecular formula is C24H21ClN4O2. The van der Waals surface area contributed by atoms with Crippen LogP contribution < -0.4 is 16.1 Å². The van der Waals surface area contributed by atoms with Crippen LogP contribution in [0.15, 0.2) is 59.7 Å². The van der Waals surface area contributed by atoms with Gasteiger partial charge in [-0.1, -0.05) is 23.7 Å². The Balaban J connectivity index is 1.22. The summed E-state index contributed by atoms with van der Waals surface area (Å²) in [6, 6.07) is 13.3. The molecule has 2 N–H and O–H groups in total. The third-order valence-electron chi connectivity index (χ3n) is 5.71. The number of rotatable bonds is 6. The summed E-state index contributed by atoms with van der Waals surface area (Å²) in [5.74, 6) is -0.322. The Bertz CT molecular complexity index is 1380. The number of carbonyl (C=O) groups is 1. The Morgan fingerprint density at radius 3 is 2.94 bits per heavy atom. The monoisotopic (exact) mass is 432 g/mol. The van der Waals surface area contributed by atoms with Gasteiger partial charge in [-0.2, -0.15) is 0 Å². The molecule has 1 amide bonds. The van der Waals surface area contributed by atoms with Gasteiger partial charge in [0.2, 0.25) is 5.43 Å². The number of para-hydroxylation sites is 1. The van der Waals surface area contributed by atoms with Crippen molar-refractivity contribution >= 4 is 45.0 Å². The summed E-state index contributed by atoms with van der Waals surface area (Å²) in [6.07, 6.45) is 5.05. The van der Waals surface area contributed by atoms with Crippen molar-refractivity contribution in [3.05, 3.63) is 81.2 Å². The fourth-order valence-corrected chi connectivity index (χ4v) is 4.37. The average Bonchev–Trinajstić information content (AvgIpc) is 3.19. The molecular weight excluding hydrogens is 412 g/mol. The number of aromatic nitrogens is 2. The highest BCUT2D eigenvalue weighted by molar-refractivity contribution is 6.31. The largest absolute Gasteiger partial charge is 0.384 e. The molecule has 6 nitrogen and oxygen atoms in total. The maximum Gasteiger partial charge on any atom is 0.256 e. The molecule has 0 saturated heterocycles. The molecule has 1 aliphatic rings. The van der Waals surface area contributed by atoms with E-state index in [1.165, 1.54) is 5.56 Å². The number of carbonyl (C=O) groups excluding carboxylic acids is 1. The maximum absolute atomic E-state index is 12.8. The van der Waals surface area contributed by atoms with Crippen molar-refractivity contribution in [3.8, 4) is 0 Å². The van der Waals surface area contributed by atoms with E-state index in [2.05, 4.69) is 15.6 Å². The summed E-state index contributed by atoms with van der Waals surface area (Å²) in [7, 11) is 0. The number of halogens is 1. The van der Waals surface area contributed by atoms with E-state index >= 15 is 0 Å². The molecule has 2 aromatic carbocycles. The van der Waals surface area contributed by atoms with E-state index in [0.717, 1.165) is 41.5 Å². The minimum atomic E-state index is -0.322. The number of pyridine rings is 2. The number of anilines is 1. The molecule has 7 heteroatoms. The maximum atomic E-state index is 12.8. The lowest BCUT2D eigenvalue weighted by molar-refractivity contribution is 0.0952. The van der Waals surface area contributed by atoms with E-state index in [-0.39, 0.29) is 16.9 Å². The van der Waals surface area contributed by atoms with Crippen LogP contribution >= 0.6 is 11.6 Å². The lowest BCUT2D eigenvalue weighted by atomic mass is 10.1. The molecule has 5 rings (SSSR count). The van der Waals surface area contributed by atoms with Crippen molar-refractivity contribution in [2.75, 3.05) is 18.4 Å². The van der Waals surface area contributed by atoms with E-state index in [0.29, 0.717) is 23.5 Å². The van der Waals surface area contributed by atoms with Crippen molar-refractivity contribution in [2.24, 2.45) is 0 Å². The van der Waals surface area contributed by atoms with Gasteiger partial charge in [0.05, 0.1) is 11.0 Å². The summed E-state index contributed by atoms with van der Waals surface area (Å²) >= 11 is 6.04. The number of aryl methyl sites for hydroxylation is 2. The molecule has 2 aromatic heterocycles. The first-order chi connectivity index (χ1) is 15.1. The molecule has 156 valence electrons. The Kier molecular flexibility index (Phi) is 5.08. The van der Waals surface area contributed by atoms with Gasteiger partial charge < -0.3 is 15.2 Å². The summed E-state index contributed by atoms with van der Waals surface area (Å²) in [5.41, 5.74) is 3.93. The topological polar surface area (TPSA) is 76.0 Å². The number of hydrogen-bond acceptors (Lipinski definition) is 4. The predicted octanol–water partition coefficient (Wildman–Crippen LogP) is 3.99. The summed E-state index contributed by atoms with van der Waals surface area (Å²) in [4.78, 5) is 29.8. The molecule has 0 spiro atoms. The third-order valence-corrected chi connectivity index (χ3v) is 5.94. The molecule has 3 heterocycles. The van der Waals surface area contributed by atoms with Crippen LogP contribution in [-0.4, -0.2) is 28.5 Å². The Morgan fingerprint density at radius 2 is 2.03 bits per heavy atom. The molecule has 31 heavy (non-hydrogen) atoms. The molecule has 0 atom stereocenters. The van der Waals surface area contributed by atoms with Crippen LogP contribution in [0.5, 0.6) is 0 Å². The normalized spacial score (nSPS) is 12.4. The Morgan fingerprint density at radius 1 is 1.13 bits per heavy atom. The minimum Gasteiger partial charge on any atom is -0.384 e. The van der Waals surface area contributed by atoms with Crippen molar-refractivity contribution in [3.63, 3.8) is 0 Å². The highest BCUT2D eigenvalue weighted by Gasteiger charge is 2.20. The van der Waals surface area contributed by atoms with Crippen LogP contribution in [-0.2, 0) is 13.0 Å². The van der Waals surface area contributed by atoms with Gasteiger partial charge in [-0.25, -0.2) is 0 Å². The second kappa shape index (κ2) is 8.04. The number of nitrogens with one attached hydrogen (secondary N) is 2. The number of hydrogen-bond donors (Lipinski definition) is 2. The lowest BCUT2D eigenvalue weighted by Gasteiger charge is -2.11. The van der Waals surface area contributed by atoms with Crippen molar-refractivity contribution in [1.82, 2.24) is 14.9 Å². The first kappa shape index (κ1) is 19.6. The number of benzene rings is 2. The van der Waals surface area contributed by atoms with Crippen LogP contribution in [0.3, 0.4) is 0 Å². The molecule has 0 saturated carbocycles. The van der Waals surface area contributed by atoms with Crippen molar-refractivity contribution in [1.29, 1.82) is 0 Å². The number of fused-ring (bicyclic) bond motifs is 1. The fraction of sp³-hybridized carbons (Fsp3) is 0.208. The first-order valence-corrected chi connectivity index (χ1v) is 10.7. The van der Waals surface area contributed by atoms with Gasteiger partial charge in [0.15, 0.2) is 0 Å². The average molecular weight is 433 g/mol. The van der Waals surface area contributed by atoms with Gasteiger partial charge >= 0.3 is 0 Å². The zero-order valence-corrected chi connectivity index (χ0v) is 17.6. The zero-order chi connectivity index (χ0) is 21.4. The van der Waals surface area contributed by atoms with Crippen LogP contribution in [0.2, 0.25) is 5.02 Å². The third kappa shape index (κ3) is 3.64. The van der Waals surface area contributed by atoms with Crippen LogP contribution in [0.4, 0.5) is 5.69 Å². The molecule has 0 unspecified atom stereocenters. The van der Waals surface area contributed by atoms with Gasteiger partial charge in [-0.3, -0.25) is 14.6 Å². The summed E-state index contributed by atoms with van der Waals surface area (Å²) in [6.45, 7) is 1.94. The van der Waals surface area contributed by atoms with Gasteiger partial charge in [-0.15, -0.1) is 0 Å². The van der Waals surface area contributed by atoms with Crippen LogP contribution in [0.25, 0.3) is 21.8 Å². The Labute approximate surface area is 183 Å². The van der Waals surface area contributed by atoms with E-state index in [4.69, 9.17) is 11.6 Å². The van der Waals surface area contributed by atoms with Crippen molar-refractivity contribution in [2.45, 2.75) is 19.4 Å². The van der Waals surface area contributed by atoms with Gasteiger partial charge in [-0.05, 0) is 48.7 Å². The fourth-order valence-electron chi connectivity index (χ4n) is 4.20. The lowest BCUT2D eigenvalue weighted by Crippen LogP contribution is -2.31. The quantitative estimate of drug-likeness (QED) is 0.452. The second-order valence-electron chi connectivity index (χ2n) is 7.68. The highest BCUT2D eigenvalue weighted by atomic mass is 35.5. The predicted molar refractivity (Wildman–Crippen MR) is 124 cm³/mol. The number of amides is 1. The SMILES string of the molecule is O=C(NCCCNc1ccnc2cc(Cl)ccc12)c1cn2c3c(cccc3c1=O)CC2. The van der Waals surface area contributed by atoms with E-state index in [9.17, 15) is 9.59 Å². The van der Waals surface area contributed by atoms with Crippen molar-refractivity contribution < 1.29 is 4.79 Å². The molecule has 0 radical (unpaired) electrons. The van der Waals surface area contributed by atoms with E-state index < -0.39 is 0 Å². The van der Waals surface area contributed by atoms with Gasteiger partial charge in [0.25, 0.3) is 5.91 Å². The highest BCUT2D eigenvalue weighted by Crippen LogP contribution is 2.25. The van der Waals surface area contributed by atoms with Crippen LogP contribution in [0, 0.1) is 0 Å². The van der Waals surface area contributed by atoms with Crippen LogP contribution in [0.1, 0.15) is 22.3 Å². The molecule has 1 aliphatic heterocycles. The van der Waals surface area contributed by atoms with Gasteiger partial charge in [0, 0.05) is 53.5 Å². The smallest absolute Gasteiger partial charge is 0.256 e. The first-order valence-electron chi connectivity index (χ1n) is 10.3. The molecule has 0 bridgehead atoms. The number of nitrogens with zero attached hydrogens (tertiary/aromatic N) is 2. The zero-order valence-electron chi connectivity index (χ0n) is 16.8. The van der Waals surface area contributed by atoms with E-state index in [1.54, 1.807) is 18.5 Å².